The number of methoxy groups -OCH3 is 1. The van der Waals surface area contributed by atoms with Crippen molar-refractivity contribution in [3.63, 3.8) is 0 Å². The van der Waals surface area contributed by atoms with Crippen LogP contribution < -0.4 is 15.0 Å². The van der Waals surface area contributed by atoms with Gasteiger partial charge in [-0.25, -0.2) is 4.98 Å². The van der Waals surface area contributed by atoms with Crippen LogP contribution in [0.4, 0.5) is 10.8 Å². The average Bonchev–Trinajstić information content (AvgIpc) is 3.24. The number of amides is 1. The number of benzene rings is 2. The quantitative estimate of drug-likeness (QED) is 0.459. The topological polar surface area (TPSA) is 67.3 Å². The summed E-state index contributed by atoms with van der Waals surface area (Å²) < 4.78 is 6.52. The first-order valence-corrected chi connectivity index (χ1v) is 11.7. The number of carbonyl (C=O) groups is 1. The molecule has 164 valence electrons. The normalized spacial score (nSPS) is 16.5. The van der Waals surface area contributed by atoms with Gasteiger partial charge in [0.2, 0.25) is 5.91 Å². The van der Waals surface area contributed by atoms with E-state index in [2.05, 4.69) is 41.2 Å². The molecule has 1 aliphatic rings. The average molecular weight is 447 g/mol. The number of nitrogens with one attached hydrogen (secondary N) is 1. The summed E-state index contributed by atoms with van der Waals surface area (Å²) in [4.78, 5) is 24.6. The van der Waals surface area contributed by atoms with Gasteiger partial charge in [-0.15, -0.1) is 0 Å². The predicted molar refractivity (Wildman–Crippen MR) is 131 cm³/mol. The van der Waals surface area contributed by atoms with Crippen LogP contribution in [0.25, 0.3) is 21.1 Å². The number of hydrogen-bond donors (Lipinski definition) is 1. The molecule has 1 atom stereocenters. The molecular formula is C25H26N4O2S. The number of fused-ring (bicyclic) bond motifs is 2. The van der Waals surface area contributed by atoms with E-state index in [1.165, 1.54) is 22.5 Å². The Labute approximate surface area is 191 Å². The fourth-order valence-electron chi connectivity index (χ4n) is 4.41. The number of pyridine rings is 1. The molecule has 3 heterocycles. The predicted octanol–water partition coefficient (Wildman–Crippen LogP) is 5.33. The first-order chi connectivity index (χ1) is 15.5. The number of ether oxygens (including phenoxy) is 1. The number of rotatable bonds is 4. The maximum absolute atomic E-state index is 13.1. The van der Waals surface area contributed by atoms with Gasteiger partial charge >= 0.3 is 0 Å². The maximum atomic E-state index is 13.1. The summed E-state index contributed by atoms with van der Waals surface area (Å²) in [6.45, 7) is 5.75. The lowest BCUT2D eigenvalue weighted by Gasteiger charge is -2.34. The largest absolute Gasteiger partial charge is 0.497 e. The van der Waals surface area contributed by atoms with Crippen LogP contribution in [0.3, 0.4) is 0 Å². The molecule has 7 heteroatoms. The van der Waals surface area contributed by atoms with Crippen LogP contribution >= 0.6 is 11.3 Å². The second-order valence-electron chi connectivity index (χ2n) is 8.36. The van der Waals surface area contributed by atoms with Crippen molar-refractivity contribution in [2.24, 2.45) is 5.92 Å². The van der Waals surface area contributed by atoms with E-state index in [1.54, 1.807) is 7.11 Å². The molecule has 1 fully saturated rings. The molecule has 0 aliphatic carbocycles. The molecule has 1 aliphatic heterocycles. The molecule has 0 bridgehead atoms. The molecule has 0 saturated carbocycles. The maximum Gasteiger partial charge on any atom is 0.231 e. The molecule has 4 aromatic rings. The van der Waals surface area contributed by atoms with Crippen LogP contribution in [-0.4, -0.2) is 36.1 Å². The van der Waals surface area contributed by atoms with Gasteiger partial charge < -0.3 is 15.0 Å². The molecule has 2 aromatic carbocycles. The van der Waals surface area contributed by atoms with E-state index in [0.717, 1.165) is 51.9 Å². The van der Waals surface area contributed by atoms with E-state index in [-0.39, 0.29) is 11.8 Å². The Bertz CT molecular complexity index is 1320. The standard InChI is InChI=1S/C25H26N4O2S/c1-15-6-9-22-23(16(15)2)27-25(32-22)28-24(30)17-5-4-12-29(14-17)21-10-11-26-20-8-7-18(31-3)13-19(20)21/h6-11,13,17H,4-5,12,14H2,1-3H3,(H,27,28,30). The number of thiazole rings is 1. The van der Waals surface area contributed by atoms with Crippen LogP contribution in [0, 0.1) is 19.8 Å². The van der Waals surface area contributed by atoms with Crippen LogP contribution in [-0.2, 0) is 4.79 Å². The number of anilines is 2. The second kappa shape index (κ2) is 8.39. The number of carbonyl (C=O) groups excluding carboxylic acids is 1. The highest BCUT2D eigenvalue weighted by Crippen LogP contribution is 2.33. The molecule has 5 rings (SSSR count). The third-order valence-corrected chi connectivity index (χ3v) is 7.31. The van der Waals surface area contributed by atoms with E-state index < -0.39 is 0 Å². The third-order valence-electron chi connectivity index (χ3n) is 6.37. The molecule has 1 N–H and O–H groups in total. The van der Waals surface area contributed by atoms with Crippen LogP contribution in [0.15, 0.2) is 42.6 Å². The number of aromatic nitrogens is 2. The first-order valence-electron chi connectivity index (χ1n) is 10.9. The van der Waals surface area contributed by atoms with Crippen molar-refractivity contribution < 1.29 is 9.53 Å². The SMILES string of the molecule is COc1ccc2nccc(N3CCCC(C(=O)Nc4nc5c(C)c(C)ccc5s4)C3)c2c1. The summed E-state index contributed by atoms with van der Waals surface area (Å²) in [6, 6.07) is 12.1. The van der Waals surface area contributed by atoms with Gasteiger partial charge in [0.25, 0.3) is 0 Å². The number of aryl methyl sites for hydroxylation is 2. The molecule has 32 heavy (non-hydrogen) atoms. The Balaban J connectivity index is 1.37. The van der Waals surface area contributed by atoms with Gasteiger partial charge in [0.15, 0.2) is 5.13 Å². The van der Waals surface area contributed by atoms with Crippen molar-refractivity contribution in [1.29, 1.82) is 0 Å². The van der Waals surface area contributed by atoms with Crippen molar-refractivity contribution >= 4 is 49.2 Å². The molecule has 1 saturated heterocycles. The first kappa shape index (κ1) is 20.7. The number of piperidine rings is 1. The monoisotopic (exact) mass is 446 g/mol. The molecular weight excluding hydrogens is 420 g/mol. The molecule has 1 amide bonds. The Morgan fingerprint density at radius 2 is 2.09 bits per heavy atom. The lowest BCUT2D eigenvalue weighted by molar-refractivity contribution is -0.120. The van der Waals surface area contributed by atoms with Crippen molar-refractivity contribution in [2.75, 3.05) is 30.4 Å². The summed E-state index contributed by atoms with van der Waals surface area (Å²) in [7, 11) is 1.67. The van der Waals surface area contributed by atoms with E-state index >= 15 is 0 Å². The highest BCUT2D eigenvalue weighted by atomic mass is 32.1. The van der Waals surface area contributed by atoms with Crippen molar-refractivity contribution in [3.8, 4) is 5.75 Å². The third kappa shape index (κ3) is 3.77. The summed E-state index contributed by atoms with van der Waals surface area (Å²) in [5.41, 5.74) is 5.38. The molecule has 6 nitrogen and oxygen atoms in total. The van der Waals surface area contributed by atoms with E-state index in [4.69, 9.17) is 9.72 Å². The zero-order valence-electron chi connectivity index (χ0n) is 18.5. The minimum absolute atomic E-state index is 0.0408. The molecule has 2 aromatic heterocycles. The molecule has 0 radical (unpaired) electrons. The Hall–Kier alpha value is -3.19. The molecule has 1 unspecified atom stereocenters. The molecule has 0 spiro atoms. The second-order valence-corrected chi connectivity index (χ2v) is 9.39. The van der Waals surface area contributed by atoms with Crippen LogP contribution in [0.5, 0.6) is 5.75 Å². The highest BCUT2D eigenvalue weighted by Gasteiger charge is 2.27. The van der Waals surface area contributed by atoms with Gasteiger partial charge in [0.1, 0.15) is 5.75 Å². The summed E-state index contributed by atoms with van der Waals surface area (Å²) in [5.74, 6) is 0.755. The summed E-state index contributed by atoms with van der Waals surface area (Å²) >= 11 is 1.54. The Kier molecular flexibility index (Phi) is 5.43. The van der Waals surface area contributed by atoms with Gasteiger partial charge in [-0.1, -0.05) is 17.4 Å². The van der Waals surface area contributed by atoms with E-state index in [0.29, 0.717) is 11.7 Å². The fraction of sp³-hybridized carbons (Fsp3) is 0.320. The zero-order chi connectivity index (χ0) is 22.2. The van der Waals surface area contributed by atoms with Crippen molar-refractivity contribution in [1.82, 2.24) is 9.97 Å². The van der Waals surface area contributed by atoms with E-state index in [1.807, 2.05) is 30.5 Å². The van der Waals surface area contributed by atoms with Crippen LogP contribution in [0.2, 0.25) is 0 Å². The van der Waals surface area contributed by atoms with Gasteiger partial charge in [0.05, 0.1) is 28.8 Å². The van der Waals surface area contributed by atoms with Gasteiger partial charge in [0, 0.05) is 30.4 Å². The minimum atomic E-state index is -0.0904. The van der Waals surface area contributed by atoms with Gasteiger partial charge in [-0.3, -0.25) is 9.78 Å². The van der Waals surface area contributed by atoms with Crippen molar-refractivity contribution in [2.45, 2.75) is 26.7 Å². The minimum Gasteiger partial charge on any atom is -0.497 e. The number of hydrogen-bond acceptors (Lipinski definition) is 6. The van der Waals surface area contributed by atoms with Gasteiger partial charge in [-0.05, 0) is 68.1 Å². The Morgan fingerprint density at radius 3 is 2.94 bits per heavy atom. The fourth-order valence-corrected chi connectivity index (χ4v) is 5.34. The zero-order valence-corrected chi connectivity index (χ0v) is 19.3. The Morgan fingerprint density at radius 1 is 1.22 bits per heavy atom. The smallest absolute Gasteiger partial charge is 0.231 e. The van der Waals surface area contributed by atoms with Gasteiger partial charge in [-0.2, -0.15) is 0 Å². The lowest BCUT2D eigenvalue weighted by Crippen LogP contribution is -2.40. The van der Waals surface area contributed by atoms with Crippen molar-refractivity contribution in [3.05, 3.63) is 53.7 Å². The summed E-state index contributed by atoms with van der Waals surface area (Å²) in [5, 5.41) is 4.81. The summed E-state index contributed by atoms with van der Waals surface area (Å²) in [6.07, 6.45) is 3.67. The highest BCUT2D eigenvalue weighted by molar-refractivity contribution is 7.22. The van der Waals surface area contributed by atoms with E-state index in [9.17, 15) is 4.79 Å². The van der Waals surface area contributed by atoms with Crippen LogP contribution in [0.1, 0.15) is 24.0 Å². The number of nitrogens with zero attached hydrogens (tertiary/aromatic N) is 3. The lowest BCUT2D eigenvalue weighted by atomic mass is 9.96.